The van der Waals surface area contributed by atoms with Crippen LogP contribution in [0.2, 0.25) is 0 Å². The highest BCUT2D eigenvalue weighted by molar-refractivity contribution is 6.12. The van der Waals surface area contributed by atoms with Crippen LogP contribution in [0.4, 0.5) is 0 Å². The number of carbonyl (C=O) groups is 3. The fourth-order valence-electron chi connectivity index (χ4n) is 3.24. The molecular weight excluding hydrogens is 350 g/mol. The number of hydrogen-bond acceptors (Lipinski definition) is 6. The fraction of sp³-hybridized carbons (Fsp3) is 0.400. The van der Waals surface area contributed by atoms with E-state index in [1.54, 1.807) is 19.1 Å². The van der Waals surface area contributed by atoms with Gasteiger partial charge in [0.25, 0.3) is 0 Å². The standard InChI is InChI=1S/C20H21NO6/c1-3-26-20(25)15(17(22)12-7-9-13(10-8-12)19(23)24)18-21-16-11(2)5-4-6-14(16)27-18/h4-7,13,15H,3,8-10H2,1-2H3,(H,23,24). The molecule has 2 aromatic rings. The van der Waals surface area contributed by atoms with E-state index in [0.717, 1.165) is 5.56 Å². The molecule has 142 valence electrons. The van der Waals surface area contributed by atoms with Crippen LogP contribution in [-0.2, 0) is 19.1 Å². The van der Waals surface area contributed by atoms with Crippen LogP contribution in [0.3, 0.4) is 0 Å². The number of ether oxygens (including phenoxy) is 1. The number of benzene rings is 1. The van der Waals surface area contributed by atoms with E-state index in [-0.39, 0.29) is 18.9 Å². The van der Waals surface area contributed by atoms with E-state index in [4.69, 9.17) is 14.3 Å². The summed E-state index contributed by atoms with van der Waals surface area (Å²) in [7, 11) is 0. The third kappa shape index (κ3) is 3.77. The van der Waals surface area contributed by atoms with Gasteiger partial charge in [0.1, 0.15) is 5.52 Å². The zero-order valence-corrected chi connectivity index (χ0v) is 15.2. The quantitative estimate of drug-likeness (QED) is 0.614. The normalized spacial score (nSPS) is 18.0. The van der Waals surface area contributed by atoms with Gasteiger partial charge in [0.2, 0.25) is 5.89 Å². The first-order chi connectivity index (χ1) is 12.9. The molecule has 0 saturated carbocycles. The maximum Gasteiger partial charge on any atom is 0.326 e. The molecule has 1 heterocycles. The highest BCUT2D eigenvalue weighted by atomic mass is 16.5. The Hall–Kier alpha value is -2.96. The summed E-state index contributed by atoms with van der Waals surface area (Å²) in [6.45, 7) is 3.65. The molecule has 1 aromatic heterocycles. The summed E-state index contributed by atoms with van der Waals surface area (Å²) < 4.78 is 10.8. The first-order valence-corrected chi connectivity index (χ1v) is 8.91. The van der Waals surface area contributed by atoms with Crippen LogP contribution in [0.5, 0.6) is 0 Å². The minimum Gasteiger partial charge on any atom is -0.481 e. The van der Waals surface area contributed by atoms with Crippen LogP contribution >= 0.6 is 0 Å². The predicted octanol–water partition coefficient (Wildman–Crippen LogP) is 3.16. The lowest BCUT2D eigenvalue weighted by Crippen LogP contribution is -2.28. The van der Waals surface area contributed by atoms with Crippen molar-refractivity contribution >= 4 is 28.8 Å². The lowest BCUT2D eigenvalue weighted by atomic mass is 9.84. The van der Waals surface area contributed by atoms with Crippen molar-refractivity contribution in [3.8, 4) is 0 Å². The number of ketones is 1. The van der Waals surface area contributed by atoms with Gasteiger partial charge in [0.15, 0.2) is 17.3 Å². The number of aliphatic carboxylic acids is 1. The van der Waals surface area contributed by atoms with E-state index >= 15 is 0 Å². The van der Waals surface area contributed by atoms with E-state index in [1.807, 2.05) is 19.1 Å². The molecule has 0 bridgehead atoms. The van der Waals surface area contributed by atoms with Gasteiger partial charge in [0, 0.05) is 0 Å². The Bertz CT molecular complexity index is 926. The molecular formula is C20H21NO6. The molecule has 1 aliphatic carbocycles. The topological polar surface area (TPSA) is 107 Å². The molecule has 7 nitrogen and oxygen atoms in total. The SMILES string of the molecule is CCOC(=O)C(C(=O)C1=CCC(C(=O)O)CC1)c1nc2c(C)cccc2o1. The monoisotopic (exact) mass is 371 g/mol. The molecule has 1 N–H and O–H groups in total. The summed E-state index contributed by atoms with van der Waals surface area (Å²) in [5.41, 5.74) is 2.39. The Morgan fingerprint density at radius 2 is 2.15 bits per heavy atom. The van der Waals surface area contributed by atoms with Crippen molar-refractivity contribution in [2.75, 3.05) is 6.61 Å². The van der Waals surface area contributed by atoms with Crippen LogP contribution in [-0.4, -0.2) is 34.4 Å². The molecule has 0 amide bonds. The van der Waals surface area contributed by atoms with Gasteiger partial charge in [-0.3, -0.25) is 14.4 Å². The second-order valence-electron chi connectivity index (χ2n) is 6.56. The molecule has 1 aliphatic rings. The van der Waals surface area contributed by atoms with E-state index in [2.05, 4.69) is 4.98 Å². The molecule has 0 spiro atoms. The van der Waals surface area contributed by atoms with E-state index in [1.165, 1.54) is 0 Å². The number of aromatic nitrogens is 1. The Morgan fingerprint density at radius 3 is 2.74 bits per heavy atom. The van der Waals surface area contributed by atoms with Crippen molar-refractivity contribution in [1.82, 2.24) is 4.98 Å². The maximum atomic E-state index is 13.0. The zero-order valence-electron chi connectivity index (χ0n) is 15.2. The average molecular weight is 371 g/mol. The summed E-state index contributed by atoms with van der Waals surface area (Å²) in [4.78, 5) is 41.0. The Kier molecular flexibility index (Phi) is 5.39. The number of Topliss-reactive ketones (excluding diaryl/α,β-unsaturated/α-hetero) is 1. The molecule has 2 atom stereocenters. The van der Waals surface area contributed by atoms with Crippen molar-refractivity contribution in [3.63, 3.8) is 0 Å². The van der Waals surface area contributed by atoms with E-state index < -0.39 is 29.6 Å². The van der Waals surface area contributed by atoms with Gasteiger partial charge >= 0.3 is 11.9 Å². The minimum atomic E-state index is -1.29. The van der Waals surface area contributed by atoms with Crippen LogP contribution in [0, 0.1) is 12.8 Å². The first kappa shape index (κ1) is 18.8. The zero-order chi connectivity index (χ0) is 19.6. The van der Waals surface area contributed by atoms with Gasteiger partial charge in [-0.25, -0.2) is 4.98 Å². The maximum absolute atomic E-state index is 13.0. The first-order valence-electron chi connectivity index (χ1n) is 8.91. The van der Waals surface area contributed by atoms with E-state index in [9.17, 15) is 14.4 Å². The number of nitrogens with zero attached hydrogens (tertiary/aromatic N) is 1. The van der Waals surface area contributed by atoms with Gasteiger partial charge in [0.05, 0.1) is 12.5 Å². The molecule has 7 heteroatoms. The van der Waals surface area contributed by atoms with Gasteiger partial charge < -0.3 is 14.3 Å². The van der Waals surface area contributed by atoms with Crippen molar-refractivity contribution in [3.05, 3.63) is 41.3 Å². The third-order valence-electron chi connectivity index (χ3n) is 4.75. The van der Waals surface area contributed by atoms with Crippen LogP contribution in [0.15, 0.2) is 34.3 Å². The second-order valence-corrected chi connectivity index (χ2v) is 6.56. The fourth-order valence-corrected chi connectivity index (χ4v) is 3.24. The summed E-state index contributed by atoms with van der Waals surface area (Å²) >= 11 is 0. The van der Waals surface area contributed by atoms with Crippen molar-refractivity contribution in [1.29, 1.82) is 0 Å². The summed E-state index contributed by atoms with van der Waals surface area (Å²) in [6, 6.07) is 5.40. The Labute approximate surface area is 156 Å². The molecule has 2 unspecified atom stereocenters. The largest absolute Gasteiger partial charge is 0.481 e. The molecule has 27 heavy (non-hydrogen) atoms. The number of rotatable bonds is 6. The average Bonchev–Trinajstić information content (AvgIpc) is 3.07. The Balaban J connectivity index is 1.96. The number of fused-ring (bicyclic) bond motifs is 1. The minimum absolute atomic E-state index is 0.00371. The van der Waals surface area contributed by atoms with Crippen molar-refractivity contribution < 1.29 is 28.6 Å². The predicted molar refractivity (Wildman–Crippen MR) is 96.2 cm³/mol. The summed E-state index contributed by atoms with van der Waals surface area (Å²) in [5, 5.41) is 9.10. The highest BCUT2D eigenvalue weighted by Crippen LogP contribution is 2.31. The number of allylic oxidation sites excluding steroid dienone is 2. The number of aryl methyl sites for hydroxylation is 1. The summed E-state index contributed by atoms with van der Waals surface area (Å²) in [5.74, 6) is -3.83. The van der Waals surface area contributed by atoms with Gasteiger partial charge in [-0.05, 0) is 50.3 Å². The second kappa shape index (κ2) is 7.73. The number of para-hydroxylation sites is 1. The molecule has 0 radical (unpaired) electrons. The molecule has 1 aromatic carbocycles. The van der Waals surface area contributed by atoms with Crippen molar-refractivity contribution in [2.45, 2.75) is 39.0 Å². The number of hydrogen-bond donors (Lipinski definition) is 1. The lowest BCUT2D eigenvalue weighted by Gasteiger charge is -2.20. The van der Waals surface area contributed by atoms with E-state index in [0.29, 0.717) is 29.5 Å². The highest BCUT2D eigenvalue weighted by Gasteiger charge is 2.37. The molecule has 0 fully saturated rings. The Morgan fingerprint density at radius 1 is 1.37 bits per heavy atom. The van der Waals surface area contributed by atoms with Gasteiger partial charge in [-0.15, -0.1) is 0 Å². The molecule has 0 saturated heterocycles. The number of esters is 1. The van der Waals surface area contributed by atoms with Gasteiger partial charge in [-0.2, -0.15) is 0 Å². The third-order valence-corrected chi connectivity index (χ3v) is 4.75. The smallest absolute Gasteiger partial charge is 0.326 e. The van der Waals surface area contributed by atoms with Crippen LogP contribution in [0.25, 0.3) is 11.1 Å². The number of carboxylic acid groups (broad SMARTS) is 1. The van der Waals surface area contributed by atoms with Gasteiger partial charge in [-0.1, -0.05) is 18.2 Å². The number of carbonyl (C=O) groups excluding carboxylic acids is 2. The van der Waals surface area contributed by atoms with Crippen LogP contribution in [0.1, 0.15) is 43.6 Å². The van der Waals surface area contributed by atoms with Crippen LogP contribution < -0.4 is 0 Å². The summed E-state index contributed by atoms with van der Waals surface area (Å²) in [6.07, 6.45) is 2.52. The molecule has 0 aliphatic heterocycles. The van der Waals surface area contributed by atoms with Crippen molar-refractivity contribution in [2.24, 2.45) is 5.92 Å². The lowest BCUT2D eigenvalue weighted by molar-refractivity contribution is -0.148. The number of carboxylic acids is 1. The number of oxazole rings is 1. The molecule has 3 rings (SSSR count).